The summed E-state index contributed by atoms with van der Waals surface area (Å²) in [5.74, 6) is 0.930. The van der Waals surface area contributed by atoms with Gasteiger partial charge in [0.1, 0.15) is 5.75 Å². The minimum absolute atomic E-state index is 0.930. The third kappa shape index (κ3) is 2.57. The molecule has 1 radical (unpaired) electrons. The smallest absolute Gasteiger partial charge is 0.119 e. The molecule has 0 fully saturated rings. The molecule has 0 aliphatic heterocycles. The fourth-order valence-electron chi connectivity index (χ4n) is 1.13. The van der Waals surface area contributed by atoms with Crippen molar-refractivity contribution in [1.82, 2.24) is 0 Å². The first-order chi connectivity index (χ1) is 5.86. The van der Waals surface area contributed by atoms with Gasteiger partial charge in [0.2, 0.25) is 0 Å². The molecule has 0 heterocycles. The van der Waals surface area contributed by atoms with E-state index in [1.165, 1.54) is 18.4 Å². The minimum Gasteiger partial charge on any atom is -0.497 e. The number of methoxy groups -OCH3 is 1. The zero-order valence-electron chi connectivity index (χ0n) is 7.76. The Hall–Kier alpha value is -0.980. The Balaban J connectivity index is 2.60. The van der Waals surface area contributed by atoms with E-state index in [-0.39, 0.29) is 0 Å². The van der Waals surface area contributed by atoms with Gasteiger partial charge < -0.3 is 4.74 Å². The van der Waals surface area contributed by atoms with Crippen molar-refractivity contribution in [1.29, 1.82) is 0 Å². The van der Waals surface area contributed by atoms with Crippen molar-refractivity contribution in [3.63, 3.8) is 0 Å². The molecule has 0 spiro atoms. The molecule has 0 aliphatic rings. The lowest BCUT2D eigenvalue weighted by molar-refractivity contribution is 0.414. The number of ether oxygens (including phenoxy) is 1. The lowest BCUT2D eigenvalue weighted by atomic mass is 10.1. The standard InChI is InChI=1S/C11H15O/c1-3-4-6-10-7-5-8-11(9-10)12-2/h5,8-9H,3-4,6H2,1-2H3. The second kappa shape index (κ2) is 4.81. The number of rotatable bonds is 4. The Kier molecular flexibility index (Phi) is 3.65. The molecular weight excluding hydrogens is 148 g/mol. The lowest BCUT2D eigenvalue weighted by Crippen LogP contribution is -1.87. The van der Waals surface area contributed by atoms with Crippen molar-refractivity contribution in [2.75, 3.05) is 7.11 Å². The molecule has 0 aliphatic carbocycles. The number of unbranched alkanes of at least 4 members (excludes halogenated alkanes) is 1. The van der Waals surface area contributed by atoms with Crippen molar-refractivity contribution in [3.8, 4) is 5.75 Å². The van der Waals surface area contributed by atoms with E-state index in [0.717, 1.165) is 12.2 Å². The molecule has 1 nitrogen and oxygen atoms in total. The van der Waals surface area contributed by atoms with Crippen LogP contribution in [0.25, 0.3) is 0 Å². The molecule has 0 amide bonds. The van der Waals surface area contributed by atoms with Gasteiger partial charge in [-0.1, -0.05) is 19.4 Å². The highest BCUT2D eigenvalue weighted by molar-refractivity contribution is 5.27. The van der Waals surface area contributed by atoms with E-state index >= 15 is 0 Å². The molecule has 65 valence electrons. The van der Waals surface area contributed by atoms with Crippen LogP contribution < -0.4 is 4.74 Å². The third-order valence-electron chi connectivity index (χ3n) is 1.87. The van der Waals surface area contributed by atoms with E-state index in [2.05, 4.69) is 19.1 Å². The average molecular weight is 163 g/mol. The molecule has 12 heavy (non-hydrogen) atoms. The van der Waals surface area contributed by atoms with Crippen molar-refractivity contribution < 1.29 is 4.74 Å². The Morgan fingerprint density at radius 2 is 2.33 bits per heavy atom. The van der Waals surface area contributed by atoms with Gasteiger partial charge >= 0.3 is 0 Å². The predicted molar refractivity (Wildman–Crippen MR) is 50.4 cm³/mol. The molecule has 1 rings (SSSR count). The van der Waals surface area contributed by atoms with Gasteiger partial charge in [0.15, 0.2) is 0 Å². The van der Waals surface area contributed by atoms with Gasteiger partial charge in [0.25, 0.3) is 0 Å². The molecule has 1 heteroatoms. The summed E-state index contributed by atoms with van der Waals surface area (Å²) < 4.78 is 5.11. The summed E-state index contributed by atoms with van der Waals surface area (Å²) in [6, 6.07) is 9.10. The van der Waals surface area contributed by atoms with Gasteiger partial charge in [0.05, 0.1) is 7.11 Å². The first-order valence-electron chi connectivity index (χ1n) is 4.41. The summed E-state index contributed by atoms with van der Waals surface area (Å²) >= 11 is 0. The predicted octanol–water partition coefficient (Wildman–Crippen LogP) is 2.84. The summed E-state index contributed by atoms with van der Waals surface area (Å²) in [5, 5.41) is 0. The number of aryl methyl sites for hydroxylation is 1. The molecule has 0 saturated heterocycles. The Labute approximate surface area is 74.4 Å². The number of benzene rings is 1. The van der Waals surface area contributed by atoms with Crippen LogP contribution in [0.15, 0.2) is 18.2 Å². The van der Waals surface area contributed by atoms with E-state index in [1.54, 1.807) is 7.11 Å². The van der Waals surface area contributed by atoms with Crippen molar-refractivity contribution in [2.24, 2.45) is 0 Å². The van der Waals surface area contributed by atoms with Crippen LogP contribution in [0.5, 0.6) is 5.75 Å². The maximum atomic E-state index is 5.11. The fraction of sp³-hybridized carbons (Fsp3) is 0.455. The molecule has 0 atom stereocenters. The molecule has 0 bridgehead atoms. The zero-order valence-corrected chi connectivity index (χ0v) is 7.76. The van der Waals surface area contributed by atoms with E-state index in [1.807, 2.05) is 12.1 Å². The van der Waals surface area contributed by atoms with Crippen LogP contribution in [-0.2, 0) is 6.42 Å². The second-order valence-corrected chi connectivity index (χ2v) is 2.86. The second-order valence-electron chi connectivity index (χ2n) is 2.86. The molecular formula is C11H15O. The zero-order chi connectivity index (χ0) is 8.81. The molecule has 1 aromatic carbocycles. The lowest BCUT2D eigenvalue weighted by Gasteiger charge is -2.02. The average Bonchev–Trinajstić information content (AvgIpc) is 2.15. The summed E-state index contributed by atoms with van der Waals surface area (Å²) in [5.41, 5.74) is 1.25. The van der Waals surface area contributed by atoms with Crippen LogP contribution in [0.2, 0.25) is 0 Å². The van der Waals surface area contributed by atoms with Gasteiger partial charge in [0, 0.05) is 0 Å². The van der Waals surface area contributed by atoms with E-state index < -0.39 is 0 Å². The molecule has 0 unspecified atom stereocenters. The Bertz CT molecular complexity index is 230. The highest BCUT2D eigenvalue weighted by atomic mass is 16.5. The van der Waals surface area contributed by atoms with Crippen LogP contribution in [-0.4, -0.2) is 7.11 Å². The summed E-state index contributed by atoms with van der Waals surface area (Å²) in [6.45, 7) is 2.19. The Morgan fingerprint density at radius 3 is 3.00 bits per heavy atom. The first-order valence-corrected chi connectivity index (χ1v) is 4.41. The topological polar surface area (TPSA) is 9.23 Å². The molecule has 0 saturated carbocycles. The highest BCUT2D eigenvalue weighted by Gasteiger charge is 1.94. The van der Waals surface area contributed by atoms with Crippen molar-refractivity contribution >= 4 is 0 Å². The minimum atomic E-state index is 0.930. The van der Waals surface area contributed by atoms with E-state index in [4.69, 9.17) is 4.74 Å². The molecule has 1 aromatic rings. The highest BCUT2D eigenvalue weighted by Crippen LogP contribution is 2.13. The fourth-order valence-corrected chi connectivity index (χ4v) is 1.13. The van der Waals surface area contributed by atoms with Gasteiger partial charge in [-0.25, -0.2) is 0 Å². The van der Waals surface area contributed by atoms with Crippen LogP contribution in [0.1, 0.15) is 25.3 Å². The van der Waals surface area contributed by atoms with Crippen LogP contribution >= 0.6 is 0 Å². The maximum absolute atomic E-state index is 5.11. The van der Waals surface area contributed by atoms with Crippen LogP contribution in [0, 0.1) is 6.07 Å². The quantitative estimate of drug-likeness (QED) is 0.663. The number of hydrogen-bond acceptors (Lipinski definition) is 1. The van der Waals surface area contributed by atoms with Crippen LogP contribution in [0.4, 0.5) is 0 Å². The summed E-state index contributed by atoms with van der Waals surface area (Å²) in [7, 11) is 1.69. The van der Waals surface area contributed by atoms with Gasteiger partial charge in [-0.2, -0.15) is 0 Å². The van der Waals surface area contributed by atoms with Crippen LogP contribution in [0.3, 0.4) is 0 Å². The summed E-state index contributed by atoms with van der Waals surface area (Å²) in [4.78, 5) is 0. The largest absolute Gasteiger partial charge is 0.497 e. The Morgan fingerprint density at radius 1 is 1.50 bits per heavy atom. The first kappa shape index (κ1) is 9.11. The monoisotopic (exact) mass is 163 g/mol. The molecule has 0 aromatic heterocycles. The van der Waals surface area contributed by atoms with E-state index in [0.29, 0.717) is 0 Å². The summed E-state index contributed by atoms with van der Waals surface area (Å²) in [6.07, 6.45) is 3.56. The van der Waals surface area contributed by atoms with Gasteiger partial charge in [-0.3, -0.25) is 0 Å². The van der Waals surface area contributed by atoms with Gasteiger partial charge in [-0.05, 0) is 36.6 Å². The van der Waals surface area contributed by atoms with Gasteiger partial charge in [-0.15, -0.1) is 0 Å². The maximum Gasteiger partial charge on any atom is 0.119 e. The third-order valence-corrected chi connectivity index (χ3v) is 1.87. The molecule has 0 N–H and O–H groups in total. The normalized spacial score (nSPS) is 9.83. The van der Waals surface area contributed by atoms with Crippen molar-refractivity contribution in [2.45, 2.75) is 26.2 Å². The SMILES string of the molecule is CCCCc1[c]ccc(OC)c1. The number of hydrogen-bond donors (Lipinski definition) is 0. The van der Waals surface area contributed by atoms with E-state index in [9.17, 15) is 0 Å². The van der Waals surface area contributed by atoms with Crippen molar-refractivity contribution in [3.05, 3.63) is 29.8 Å².